The lowest BCUT2D eigenvalue weighted by molar-refractivity contribution is 0.414. The molecule has 19 heavy (non-hydrogen) atoms. The summed E-state index contributed by atoms with van der Waals surface area (Å²) in [5.74, 6) is 0.877. The minimum atomic E-state index is 0.803. The minimum absolute atomic E-state index is 0.803. The fraction of sp³-hybridized carbons (Fsp3) is 0.133. The second-order valence-electron chi connectivity index (χ2n) is 4.33. The molecule has 0 atom stereocenters. The molecule has 96 valence electrons. The van der Waals surface area contributed by atoms with Crippen LogP contribution in [0.4, 0.5) is 0 Å². The standard InChI is InChI=1S/C15H13BrN2O/c1-19-12-7-5-11(6-8-12)9-18-10-17-15-13(16)3-2-4-14(15)18/h2-8,10H,9H2,1H3. The highest BCUT2D eigenvalue weighted by Crippen LogP contribution is 2.23. The van der Waals surface area contributed by atoms with Crippen LogP contribution in [0.25, 0.3) is 11.0 Å². The van der Waals surface area contributed by atoms with Crippen molar-refractivity contribution in [3.8, 4) is 5.75 Å². The zero-order valence-corrected chi connectivity index (χ0v) is 12.1. The number of nitrogens with zero attached hydrogens (tertiary/aromatic N) is 2. The van der Waals surface area contributed by atoms with Gasteiger partial charge in [0.15, 0.2) is 0 Å². The number of halogens is 1. The number of imidazole rings is 1. The molecule has 0 spiro atoms. The normalized spacial score (nSPS) is 10.8. The van der Waals surface area contributed by atoms with E-state index in [0.29, 0.717) is 0 Å². The summed E-state index contributed by atoms with van der Waals surface area (Å²) in [4.78, 5) is 4.44. The Morgan fingerprint density at radius 3 is 2.68 bits per heavy atom. The number of hydrogen-bond donors (Lipinski definition) is 0. The number of benzene rings is 2. The molecule has 1 aromatic heterocycles. The van der Waals surface area contributed by atoms with Gasteiger partial charge in [0.2, 0.25) is 0 Å². The minimum Gasteiger partial charge on any atom is -0.497 e. The maximum atomic E-state index is 5.17. The maximum absolute atomic E-state index is 5.17. The molecule has 0 fully saturated rings. The number of ether oxygens (including phenoxy) is 1. The van der Waals surface area contributed by atoms with Gasteiger partial charge >= 0.3 is 0 Å². The molecule has 0 unspecified atom stereocenters. The highest BCUT2D eigenvalue weighted by Gasteiger charge is 2.05. The molecular formula is C15H13BrN2O. The highest BCUT2D eigenvalue weighted by atomic mass is 79.9. The second kappa shape index (κ2) is 5.05. The van der Waals surface area contributed by atoms with E-state index in [1.165, 1.54) is 5.56 Å². The van der Waals surface area contributed by atoms with Gasteiger partial charge in [-0.3, -0.25) is 0 Å². The molecule has 0 saturated carbocycles. The fourth-order valence-electron chi connectivity index (χ4n) is 2.11. The lowest BCUT2D eigenvalue weighted by Gasteiger charge is -2.06. The van der Waals surface area contributed by atoms with Crippen LogP contribution in [0, 0.1) is 0 Å². The molecule has 0 saturated heterocycles. The van der Waals surface area contributed by atoms with E-state index in [2.05, 4.69) is 43.7 Å². The number of fused-ring (bicyclic) bond motifs is 1. The Bertz CT molecular complexity index is 704. The zero-order chi connectivity index (χ0) is 13.2. The van der Waals surface area contributed by atoms with Crippen molar-refractivity contribution >= 4 is 27.0 Å². The summed E-state index contributed by atoms with van der Waals surface area (Å²) in [5.41, 5.74) is 3.35. The molecule has 3 rings (SSSR count). The molecule has 3 nitrogen and oxygen atoms in total. The van der Waals surface area contributed by atoms with Gasteiger partial charge < -0.3 is 9.30 Å². The number of aromatic nitrogens is 2. The Morgan fingerprint density at radius 1 is 1.16 bits per heavy atom. The average molecular weight is 317 g/mol. The van der Waals surface area contributed by atoms with Gasteiger partial charge in [0.05, 0.1) is 19.0 Å². The fourth-order valence-corrected chi connectivity index (χ4v) is 2.56. The number of hydrogen-bond acceptors (Lipinski definition) is 2. The molecule has 3 aromatic rings. The van der Waals surface area contributed by atoms with Gasteiger partial charge in [-0.1, -0.05) is 18.2 Å². The largest absolute Gasteiger partial charge is 0.497 e. The van der Waals surface area contributed by atoms with Crippen molar-refractivity contribution < 1.29 is 4.74 Å². The van der Waals surface area contributed by atoms with Crippen LogP contribution in [0.2, 0.25) is 0 Å². The monoisotopic (exact) mass is 316 g/mol. The Balaban J connectivity index is 1.94. The first-order valence-electron chi connectivity index (χ1n) is 6.00. The van der Waals surface area contributed by atoms with Crippen LogP contribution in [-0.2, 0) is 6.54 Å². The van der Waals surface area contributed by atoms with Gasteiger partial charge in [-0.05, 0) is 45.8 Å². The van der Waals surface area contributed by atoms with Gasteiger partial charge in [-0.2, -0.15) is 0 Å². The van der Waals surface area contributed by atoms with Gasteiger partial charge in [0.1, 0.15) is 11.3 Å². The molecule has 0 bridgehead atoms. The summed E-state index contributed by atoms with van der Waals surface area (Å²) in [7, 11) is 1.68. The van der Waals surface area contributed by atoms with Crippen LogP contribution in [0.15, 0.2) is 53.3 Å². The molecule has 4 heteroatoms. The third kappa shape index (κ3) is 2.36. The van der Waals surface area contributed by atoms with Crippen LogP contribution in [-0.4, -0.2) is 16.7 Å². The first-order valence-corrected chi connectivity index (χ1v) is 6.79. The summed E-state index contributed by atoms with van der Waals surface area (Å²) in [6.07, 6.45) is 1.87. The van der Waals surface area contributed by atoms with Crippen molar-refractivity contribution in [2.24, 2.45) is 0 Å². The van der Waals surface area contributed by atoms with Gasteiger partial charge in [0.25, 0.3) is 0 Å². The second-order valence-corrected chi connectivity index (χ2v) is 5.18. The van der Waals surface area contributed by atoms with Crippen LogP contribution in [0.3, 0.4) is 0 Å². The molecule has 1 heterocycles. The van der Waals surface area contributed by atoms with Crippen LogP contribution >= 0.6 is 15.9 Å². The molecule has 2 aromatic carbocycles. The summed E-state index contributed by atoms with van der Waals surface area (Å²) in [5, 5.41) is 0. The van der Waals surface area contributed by atoms with Gasteiger partial charge in [0, 0.05) is 11.0 Å². The summed E-state index contributed by atoms with van der Waals surface area (Å²) in [6, 6.07) is 14.2. The molecule has 0 N–H and O–H groups in total. The van der Waals surface area contributed by atoms with Crippen LogP contribution in [0.1, 0.15) is 5.56 Å². The summed E-state index contributed by atoms with van der Waals surface area (Å²) < 4.78 is 8.33. The van der Waals surface area contributed by atoms with Crippen molar-refractivity contribution in [1.82, 2.24) is 9.55 Å². The quantitative estimate of drug-likeness (QED) is 0.733. The predicted octanol–water partition coefficient (Wildman–Crippen LogP) is 3.86. The van der Waals surface area contributed by atoms with E-state index in [1.807, 2.05) is 30.6 Å². The maximum Gasteiger partial charge on any atom is 0.118 e. The van der Waals surface area contributed by atoms with Gasteiger partial charge in [-0.15, -0.1) is 0 Å². The highest BCUT2D eigenvalue weighted by molar-refractivity contribution is 9.10. The van der Waals surface area contributed by atoms with Crippen molar-refractivity contribution in [1.29, 1.82) is 0 Å². The average Bonchev–Trinajstić information content (AvgIpc) is 2.84. The Morgan fingerprint density at radius 2 is 1.95 bits per heavy atom. The smallest absolute Gasteiger partial charge is 0.118 e. The lowest BCUT2D eigenvalue weighted by Crippen LogP contribution is -1.97. The molecule has 0 aliphatic rings. The molecule has 0 radical (unpaired) electrons. The van der Waals surface area contributed by atoms with E-state index in [4.69, 9.17) is 4.74 Å². The van der Waals surface area contributed by atoms with Crippen LogP contribution < -0.4 is 4.74 Å². The number of methoxy groups -OCH3 is 1. The van der Waals surface area contributed by atoms with Crippen molar-refractivity contribution in [3.63, 3.8) is 0 Å². The predicted molar refractivity (Wildman–Crippen MR) is 79.5 cm³/mol. The van der Waals surface area contributed by atoms with Crippen molar-refractivity contribution in [2.45, 2.75) is 6.54 Å². The van der Waals surface area contributed by atoms with Gasteiger partial charge in [-0.25, -0.2) is 4.98 Å². The van der Waals surface area contributed by atoms with E-state index in [1.54, 1.807) is 7.11 Å². The topological polar surface area (TPSA) is 27.1 Å². The van der Waals surface area contributed by atoms with E-state index < -0.39 is 0 Å². The molecule has 0 aliphatic carbocycles. The Hall–Kier alpha value is -1.81. The Kier molecular flexibility index (Phi) is 3.25. The number of para-hydroxylation sites is 1. The molecular weight excluding hydrogens is 304 g/mol. The first-order chi connectivity index (χ1) is 9.28. The van der Waals surface area contributed by atoms with Crippen molar-refractivity contribution in [3.05, 3.63) is 58.8 Å². The van der Waals surface area contributed by atoms with Crippen molar-refractivity contribution in [2.75, 3.05) is 7.11 Å². The zero-order valence-electron chi connectivity index (χ0n) is 10.5. The summed E-state index contributed by atoms with van der Waals surface area (Å²) >= 11 is 3.52. The van der Waals surface area contributed by atoms with E-state index in [-0.39, 0.29) is 0 Å². The third-order valence-corrected chi connectivity index (χ3v) is 3.75. The number of rotatable bonds is 3. The Labute approximate surface area is 120 Å². The third-order valence-electron chi connectivity index (χ3n) is 3.11. The van der Waals surface area contributed by atoms with E-state index in [0.717, 1.165) is 27.8 Å². The SMILES string of the molecule is COc1ccc(Cn2cnc3c(Br)cccc32)cc1. The first kappa shape index (κ1) is 12.2. The lowest BCUT2D eigenvalue weighted by atomic mass is 10.2. The molecule has 0 aliphatic heterocycles. The van der Waals surface area contributed by atoms with E-state index in [9.17, 15) is 0 Å². The molecule has 0 amide bonds. The van der Waals surface area contributed by atoms with Crippen LogP contribution in [0.5, 0.6) is 5.75 Å². The van der Waals surface area contributed by atoms with E-state index >= 15 is 0 Å². The summed E-state index contributed by atoms with van der Waals surface area (Å²) in [6.45, 7) is 0.803.